The number of rotatable bonds is 7. The highest BCUT2D eigenvalue weighted by molar-refractivity contribution is 5.79. The van der Waals surface area contributed by atoms with Crippen molar-refractivity contribution in [3.8, 4) is 22.9 Å². The van der Waals surface area contributed by atoms with Crippen LogP contribution in [0.5, 0.6) is 11.5 Å². The van der Waals surface area contributed by atoms with Crippen LogP contribution in [0.2, 0.25) is 0 Å². The van der Waals surface area contributed by atoms with Gasteiger partial charge in [0.15, 0.2) is 11.5 Å². The summed E-state index contributed by atoms with van der Waals surface area (Å²) in [5, 5.41) is 4.10. The van der Waals surface area contributed by atoms with E-state index in [2.05, 4.69) is 10.1 Å². The highest BCUT2D eigenvalue weighted by Crippen LogP contribution is 2.33. The lowest BCUT2D eigenvalue weighted by molar-refractivity contribution is -0.128. The molecule has 0 radical (unpaired) electrons. The quantitative estimate of drug-likeness (QED) is 0.610. The van der Waals surface area contributed by atoms with Crippen molar-refractivity contribution >= 4 is 5.91 Å². The summed E-state index contributed by atoms with van der Waals surface area (Å²) in [5.74, 6) is 2.23. The summed E-state index contributed by atoms with van der Waals surface area (Å²) < 4.78 is 16.4. The molecule has 7 nitrogen and oxygen atoms in total. The Balaban J connectivity index is 1.49. The van der Waals surface area contributed by atoms with Crippen LogP contribution in [-0.2, 0) is 11.3 Å². The third kappa shape index (κ3) is 4.08. The molecule has 150 valence electrons. The molecule has 1 aliphatic rings. The second kappa shape index (κ2) is 8.34. The molecule has 1 atom stereocenters. The second-order valence-corrected chi connectivity index (χ2v) is 6.92. The number of likely N-dealkylation sites (tertiary alicyclic amines) is 1. The third-order valence-corrected chi connectivity index (χ3v) is 4.94. The maximum absolute atomic E-state index is 12.4. The number of amides is 1. The summed E-state index contributed by atoms with van der Waals surface area (Å²) in [4.78, 5) is 18.8. The zero-order valence-electron chi connectivity index (χ0n) is 16.5. The van der Waals surface area contributed by atoms with E-state index in [0.717, 1.165) is 11.1 Å². The molecule has 1 fully saturated rings. The first-order valence-corrected chi connectivity index (χ1v) is 9.64. The van der Waals surface area contributed by atoms with Crippen molar-refractivity contribution in [2.24, 2.45) is 0 Å². The number of carbonyl (C=O) groups is 1. The molecule has 4 rings (SSSR count). The Bertz CT molecular complexity index is 987. The van der Waals surface area contributed by atoms with E-state index in [1.807, 2.05) is 60.4 Å². The summed E-state index contributed by atoms with van der Waals surface area (Å²) in [7, 11) is 1.59. The highest BCUT2D eigenvalue weighted by atomic mass is 16.5. The normalized spacial score (nSPS) is 16.3. The van der Waals surface area contributed by atoms with Crippen LogP contribution in [0.4, 0.5) is 0 Å². The molecule has 29 heavy (non-hydrogen) atoms. The third-order valence-electron chi connectivity index (χ3n) is 4.94. The van der Waals surface area contributed by atoms with Crippen molar-refractivity contribution in [3.63, 3.8) is 0 Å². The van der Waals surface area contributed by atoms with Gasteiger partial charge in [0, 0.05) is 25.1 Å². The van der Waals surface area contributed by atoms with Crippen LogP contribution >= 0.6 is 0 Å². The second-order valence-electron chi connectivity index (χ2n) is 6.92. The summed E-state index contributed by atoms with van der Waals surface area (Å²) >= 11 is 0. The van der Waals surface area contributed by atoms with Gasteiger partial charge in [-0.05, 0) is 30.7 Å². The smallest absolute Gasteiger partial charge is 0.232 e. The summed E-state index contributed by atoms with van der Waals surface area (Å²) in [5.41, 5.74) is 1.87. The Morgan fingerprint density at radius 1 is 1.17 bits per heavy atom. The van der Waals surface area contributed by atoms with E-state index in [9.17, 15) is 4.79 Å². The molecule has 1 aliphatic heterocycles. The van der Waals surface area contributed by atoms with Gasteiger partial charge in [0.05, 0.1) is 19.6 Å². The number of aromatic nitrogens is 2. The van der Waals surface area contributed by atoms with Gasteiger partial charge in [-0.3, -0.25) is 4.79 Å². The molecule has 0 N–H and O–H groups in total. The van der Waals surface area contributed by atoms with E-state index in [4.69, 9.17) is 14.0 Å². The molecule has 1 aromatic heterocycles. The van der Waals surface area contributed by atoms with Gasteiger partial charge in [0.1, 0.15) is 0 Å². The van der Waals surface area contributed by atoms with Crippen LogP contribution in [-0.4, -0.2) is 41.2 Å². The maximum Gasteiger partial charge on any atom is 0.232 e. The predicted octanol–water partition coefficient (Wildman–Crippen LogP) is 3.66. The molecule has 2 aromatic carbocycles. The zero-order valence-corrected chi connectivity index (χ0v) is 16.5. The van der Waals surface area contributed by atoms with Gasteiger partial charge >= 0.3 is 0 Å². The van der Waals surface area contributed by atoms with Crippen LogP contribution in [0.25, 0.3) is 11.4 Å². The number of ether oxygens (including phenoxy) is 2. The van der Waals surface area contributed by atoms with Crippen molar-refractivity contribution in [3.05, 3.63) is 60.0 Å². The van der Waals surface area contributed by atoms with Crippen molar-refractivity contribution in [1.82, 2.24) is 15.0 Å². The van der Waals surface area contributed by atoms with Crippen molar-refractivity contribution in [2.75, 3.05) is 20.3 Å². The largest absolute Gasteiger partial charge is 0.493 e. The lowest BCUT2D eigenvalue weighted by Crippen LogP contribution is -2.24. The van der Waals surface area contributed by atoms with E-state index >= 15 is 0 Å². The Kier molecular flexibility index (Phi) is 5.46. The molecule has 3 aromatic rings. The molecular weight excluding hydrogens is 370 g/mol. The minimum atomic E-state index is -0.0999. The monoisotopic (exact) mass is 393 g/mol. The Hall–Kier alpha value is -3.35. The van der Waals surface area contributed by atoms with E-state index in [1.54, 1.807) is 7.11 Å². The molecule has 1 unspecified atom stereocenters. The van der Waals surface area contributed by atoms with Gasteiger partial charge in [-0.25, -0.2) is 0 Å². The molecule has 7 heteroatoms. The fraction of sp³-hybridized carbons (Fsp3) is 0.318. The Morgan fingerprint density at radius 3 is 2.76 bits per heavy atom. The Morgan fingerprint density at radius 2 is 2.00 bits per heavy atom. The minimum absolute atomic E-state index is 0.0985. The molecule has 0 aliphatic carbocycles. The number of benzene rings is 2. The molecular formula is C22H23N3O4. The first-order chi connectivity index (χ1) is 14.2. The molecule has 0 bridgehead atoms. The number of nitrogens with zero attached hydrogens (tertiary/aromatic N) is 3. The number of hydrogen-bond acceptors (Lipinski definition) is 6. The molecule has 1 amide bonds. The molecule has 0 saturated carbocycles. The van der Waals surface area contributed by atoms with Crippen LogP contribution in [0.1, 0.15) is 30.7 Å². The standard InChI is InChI=1S/C22H23N3O4/c1-3-28-18-10-9-16(11-19(18)27-2)21-23-22(29-24-21)17-12-20(26)25(14-17)13-15-7-5-4-6-8-15/h4-11,17H,3,12-14H2,1-2H3. The molecule has 1 saturated heterocycles. The van der Waals surface area contributed by atoms with E-state index in [1.165, 1.54) is 0 Å². The first-order valence-electron chi connectivity index (χ1n) is 9.64. The van der Waals surface area contributed by atoms with E-state index in [0.29, 0.717) is 49.3 Å². The summed E-state index contributed by atoms with van der Waals surface area (Å²) in [6, 6.07) is 15.5. The summed E-state index contributed by atoms with van der Waals surface area (Å²) in [6.07, 6.45) is 0.376. The SMILES string of the molecule is CCOc1ccc(-c2noc(C3CC(=O)N(Cc4ccccc4)C3)n2)cc1OC. The lowest BCUT2D eigenvalue weighted by Gasteiger charge is -2.15. The van der Waals surface area contributed by atoms with Crippen molar-refractivity contribution in [1.29, 1.82) is 0 Å². The molecule has 0 spiro atoms. The van der Waals surface area contributed by atoms with Crippen LogP contribution in [0.3, 0.4) is 0 Å². The van der Waals surface area contributed by atoms with Crippen LogP contribution < -0.4 is 9.47 Å². The maximum atomic E-state index is 12.4. The number of methoxy groups -OCH3 is 1. The van der Waals surface area contributed by atoms with E-state index in [-0.39, 0.29) is 11.8 Å². The highest BCUT2D eigenvalue weighted by Gasteiger charge is 2.34. The Labute approximate surface area is 169 Å². The van der Waals surface area contributed by atoms with Crippen LogP contribution in [0, 0.1) is 0 Å². The van der Waals surface area contributed by atoms with Gasteiger partial charge in [0.2, 0.25) is 17.6 Å². The topological polar surface area (TPSA) is 77.7 Å². The fourth-order valence-corrected chi connectivity index (χ4v) is 3.49. The predicted molar refractivity (Wildman–Crippen MR) is 107 cm³/mol. The fourth-order valence-electron chi connectivity index (χ4n) is 3.49. The number of carbonyl (C=O) groups excluding carboxylic acids is 1. The summed E-state index contributed by atoms with van der Waals surface area (Å²) in [6.45, 7) is 3.63. The number of hydrogen-bond donors (Lipinski definition) is 0. The lowest BCUT2D eigenvalue weighted by atomic mass is 10.1. The first kappa shape index (κ1) is 19.0. The van der Waals surface area contributed by atoms with Gasteiger partial charge in [-0.2, -0.15) is 4.98 Å². The molecule has 2 heterocycles. The zero-order chi connectivity index (χ0) is 20.2. The van der Waals surface area contributed by atoms with Crippen molar-refractivity contribution in [2.45, 2.75) is 25.8 Å². The van der Waals surface area contributed by atoms with Crippen molar-refractivity contribution < 1.29 is 18.8 Å². The van der Waals surface area contributed by atoms with Crippen LogP contribution in [0.15, 0.2) is 53.1 Å². The van der Waals surface area contributed by atoms with Gasteiger partial charge < -0.3 is 18.9 Å². The average molecular weight is 393 g/mol. The van der Waals surface area contributed by atoms with Gasteiger partial charge in [-0.15, -0.1) is 0 Å². The van der Waals surface area contributed by atoms with Gasteiger partial charge in [-0.1, -0.05) is 35.5 Å². The van der Waals surface area contributed by atoms with E-state index < -0.39 is 0 Å². The average Bonchev–Trinajstić information content (AvgIpc) is 3.37. The minimum Gasteiger partial charge on any atom is -0.493 e. The van der Waals surface area contributed by atoms with Gasteiger partial charge in [0.25, 0.3) is 0 Å².